The Labute approximate surface area is 192 Å². The number of ether oxygens (including phenoxy) is 1. The predicted molar refractivity (Wildman–Crippen MR) is 128 cm³/mol. The van der Waals surface area contributed by atoms with Crippen LogP contribution in [0.1, 0.15) is 75.8 Å². The lowest BCUT2D eigenvalue weighted by Gasteiger charge is -2.31. The van der Waals surface area contributed by atoms with Gasteiger partial charge in [0.1, 0.15) is 0 Å². The highest BCUT2D eigenvalue weighted by molar-refractivity contribution is 5.28. The van der Waals surface area contributed by atoms with Crippen molar-refractivity contribution in [1.82, 2.24) is 0 Å². The first-order chi connectivity index (χ1) is 15.5. The largest absolute Gasteiger partial charge is 0.491 e. The number of alkyl halides is 1. The van der Waals surface area contributed by atoms with Gasteiger partial charge in [0.25, 0.3) is 0 Å². The van der Waals surface area contributed by atoms with E-state index in [0.717, 1.165) is 37.5 Å². The highest BCUT2D eigenvalue weighted by Gasteiger charge is 2.35. The van der Waals surface area contributed by atoms with Gasteiger partial charge in [-0.25, -0.2) is 8.78 Å². The first-order valence-electron chi connectivity index (χ1n) is 12.7. The fourth-order valence-electron chi connectivity index (χ4n) is 5.67. The quantitative estimate of drug-likeness (QED) is 0.388. The Kier molecular flexibility index (Phi) is 7.86. The summed E-state index contributed by atoms with van der Waals surface area (Å²) >= 11 is 0. The van der Waals surface area contributed by atoms with E-state index in [0.29, 0.717) is 12.5 Å². The Hall–Kier alpha value is -1.90. The van der Waals surface area contributed by atoms with Crippen LogP contribution in [0, 0.1) is 23.7 Å². The lowest BCUT2D eigenvalue weighted by Crippen LogP contribution is -2.28. The van der Waals surface area contributed by atoms with Gasteiger partial charge in [0, 0.05) is 5.92 Å². The zero-order valence-electron chi connectivity index (χ0n) is 19.6. The summed E-state index contributed by atoms with van der Waals surface area (Å²) < 4.78 is 34.1. The minimum absolute atomic E-state index is 0.0537. The Morgan fingerprint density at radius 2 is 1.69 bits per heavy atom. The van der Waals surface area contributed by atoms with Crippen molar-refractivity contribution < 1.29 is 13.5 Å². The Morgan fingerprint density at radius 3 is 2.34 bits per heavy atom. The summed E-state index contributed by atoms with van der Waals surface area (Å²) in [4.78, 5) is 0. The third-order valence-electron chi connectivity index (χ3n) is 7.85. The molecule has 1 aromatic rings. The van der Waals surface area contributed by atoms with Gasteiger partial charge < -0.3 is 4.74 Å². The third kappa shape index (κ3) is 5.53. The molecule has 174 valence electrons. The minimum Gasteiger partial charge on any atom is -0.491 e. The van der Waals surface area contributed by atoms with Crippen LogP contribution in [0.3, 0.4) is 0 Å². The van der Waals surface area contributed by atoms with E-state index in [1.54, 1.807) is 19.1 Å². The normalized spacial score (nSPS) is 32.9. The summed E-state index contributed by atoms with van der Waals surface area (Å²) in [5.41, 5.74) is 2.92. The van der Waals surface area contributed by atoms with Crippen molar-refractivity contribution in [2.75, 3.05) is 6.61 Å². The number of allylic oxidation sites excluding steroid dienone is 5. The first-order valence-corrected chi connectivity index (χ1v) is 12.7. The highest BCUT2D eigenvalue weighted by atomic mass is 19.2. The van der Waals surface area contributed by atoms with Crippen LogP contribution in [0.15, 0.2) is 60.2 Å². The van der Waals surface area contributed by atoms with Gasteiger partial charge >= 0.3 is 0 Å². The molecule has 1 saturated carbocycles. The van der Waals surface area contributed by atoms with Crippen LogP contribution in [0.5, 0.6) is 0 Å². The minimum atomic E-state index is -1.60. The molecule has 0 aliphatic heterocycles. The summed E-state index contributed by atoms with van der Waals surface area (Å²) in [5, 5.41) is 0. The predicted octanol–water partition coefficient (Wildman–Crippen LogP) is 8.24. The van der Waals surface area contributed by atoms with E-state index < -0.39 is 17.9 Å². The van der Waals surface area contributed by atoms with Crippen LogP contribution in [0.2, 0.25) is 0 Å². The molecule has 0 N–H and O–H groups in total. The number of aryl methyl sites for hydroxylation is 1. The molecule has 32 heavy (non-hydrogen) atoms. The van der Waals surface area contributed by atoms with Gasteiger partial charge in [0.05, 0.1) is 6.61 Å². The summed E-state index contributed by atoms with van der Waals surface area (Å²) in [6.45, 7) is 4.50. The monoisotopic (exact) mass is 440 g/mol. The average Bonchev–Trinajstić information content (AvgIpc) is 2.82. The van der Waals surface area contributed by atoms with E-state index in [-0.39, 0.29) is 11.7 Å². The van der Waals surface area contributed by atoms with Crippen LogP contribution in [-0.2, 0) is 11.2 Å². The van der Waals surface area contributed by atoms with Crippen molar-refractivity contribution in [2.45, 2.75) is 77.3 Å². The van der Waals surface area contributed by atoms with Crippen molar-refractivity contribution in [2.24, 2.45) is 23.7 Å². The number of hydrogen-bond donors (Lipinski definition) is 0. The second kappa shape index (κ2) is 10.8. The van der Waals surface area contributed by atoms with E-state index in [1.807, 2.05) is 0 Å². The molecule has 3 aliphatic rings. The topological polar surface area (TPSA) is 9.23 Å². The lowest BCUT2D eigenvalue weighted by molar-refractivity contribution is 0.170. The van der Waals surface area contributed by atoms with E-state index in [9.17, 15) is 8.78 Å². The van der Waals surface area contributed by atoms with Gasteiger partial charge in [-0.05, 0) is 86.3 Å². The maximum absolute atomic E-state index is 14.7. The van der Waals surface area contributed by atoms with Gasteiger partial charge in [-0.15, -0.1) is 0 Å². The molecule has 4 atom stereocenters. The van der Waals surface area contributed by atoms with Crippen molar-refractivity contribution in [3.05, 3.63) is 71.3 Å². The van der Waals surface area contributed by atoms with Crippen LogP contribution in [0.4, 0.5) is 8.78 Å². The molecule has 4 rings (SSSR count). The zero-order chi connectivity index (χ0) is 22.5. The second-order valence-electron chi connectivity index (χ2n) is 10.1. The summed E-state index contributed by atoms with van der Waals surface area (Å²) in [6.07, 6.45) is 15.7. The number of rotatable bonds is 7. The molecule has 0 heterocycles. The SMILES string of the molecule is CCOC1=C(F)C(F)C(C2C=CC(CCc3ccc(C4CCC(C)CC4)cc3)CC2)C=C1. The first kappa shape index (κ1) is 23.3. The van der Waals surface area contributed by atoms with Gasteiger partial charge in [-0.3, -0.25) is 0 Å². The average molecular weight is 441 g/mol. The van der Waals surface area contributed by atoms with E-state index in [2.05, 4.69) is 43.3 Å². The molecule has 3 aliphatic carbocycles. The maximum atomic E-state index is 14.7. The van der Waals surface area contributed by atoms with Crippen molar-refractivity contribution in [1.29, 1.82) is 0 Å². The highest BCUT2D eigenvalue weighted by Crippen LogP contribution is 2.39. The molecule has 0 radical (unpaired) electrons. The molecule has 1 fully saturated rings. The van der Waals surface area contributed by atoms with Crippen LogP contribution in [0.25, 0.3) is 0 Å². The van der Waals surface area contributed by atoms with Crippen LogP contribution >= 0.6 is 0 Å². The van der Waals surface area contributed by atoms with Crippen molar-refractivity contribution >= 4 is 0 Å². The Balaban J connectivity index is 1.26. The molecule has 0 spiro atoms. The molecule has 1 nitrogen and oxygen atoms in total. The Bertz CT molecular complexity index is 829. The fourth-order valence-corrected chi connectivity index (χ4v) is 5.67. The number of hydrogen-bond acceptors (Lipinski definition) is 1. The molecular formula is C29H38F2O. The molecule has 0 amide bonds. The summed E-state index contributed by atoms with van der Waals surface area (Å²) in [5.74, 6) is 1.10. The maximum Gasteiger partial charge on any atom is 0.176 e. The molecular weight excluding hydrogens is 402 g/mol. The summed E-state index contributed by atoms with van der Waals surface area (Å²) in [6, 6.07) is 9.32. The van der Waals surface area contributed by atoms with Gasteiger partial charge in [-0.1, -0.05) is 62.3 Å². The molecule has 1 aromatic carbocycles. The molecule has 0 saturated heterocycles. The standard InChI is InChI=1S/C29H38F2O/c1-3-32-27-19-18-26(28(30)29(27)31)25-16-10-22(11-17-25)7-6-21-8-14-24(15-9-21)23-12-4-20(2)5-13-23/h8-10,14-16,18-20,22-23,25-26,28H,3-7,11-13,17H2,1-2H3. The van der Waals surface area contributed by atoms with E-state index in [4.69, 9.17) is 4.74 Å². The van der Waals surface area contributed by atoms with Crippen LogP contribution in [-0.4, -0.2) is 12.8 Å². The molecule has 3 heteroatoms. The van der Waals surface area contributed by atoms with Gasteiger partial charge in [0.15, 0.2) is 17.8 Å². The molecule has 0 bridgehead atoms. The fraction of sp³-hybridized carbons (Fsp3) is 0.586. The van der Waals surface area contributed by atoms with Gasteiger partial charge in [0.2, 0.25) is 0 Å². The Morgan fingerprint density at radius 1 is 0.938 bits per heavy atom. The third-order valence-corrected chi connectivity index (χ3v) is 7.85. The smallest absolute Gasteiger partial charge is 0.176 e. The van der Waals surface area contributed by atoms with Crippen molar-refractivity contribution in [3.8, 4) is 0 Å². The van der Waals surface area contributed by atoms with E-state index in [1.165, 1.54) is 36.8 Å². The zero-order valence-corrected chi connectivity index (χ0v) is 19.6. The molecule has 4 unspecified atom stereocenters. The van der Waals surface area contributed by atoms with Gasteiger partial charge in [-0.2, -0.15) is 0 Å². The number of benzene rings is 1. The number of halogens is 2. The van der Waals surface area contributed by atoms with E-state index >= 15 is 0 Å². The second-order valence-corrected chi connectivity index (χ2v) is 10.1. The molecule has 0 aromatic heterocycles. The van der Waals surface area contributed by atoms with Crippen LogP contribution < -0.4 is 0 Å². The summed E-state index contributed by atoms with van der Waals surface area (Å²) in [7, 11) is 0. The van der Waals surface area contributed by atoms with Crippen molar-refractivity contribution in [3.63, 3.8) is 0 Å². The lowest BCUT2D eigenvalue weighted by atomic mass is 9.76.